The van der Waals surface area contributed by atoms with Gasteiger partial charge in [-0.2, -0.15) is 0 Å². The minimum absolute atomic E-state index is 0.0272. The Labute approximate surface area is 192 Å². The predicted octanol–water partition coefficient (Wildman–Crippen LogP) is 2.21. The molecule has 5 rings (SSSR count). The lowest BCUT2D eigenvalue weighted by molar-refractivity contribution is -0.127. The maximum absolute atomic E-state index is 13.5. The lowest BCUT2D eigenvalue weighted by Gasteiger charge is -2.30. The summed E-state index contributed by atoms with van der Waals surface area (Å²) in [5.74, 6) is -0.375. The summed E-state index contributed by atoms with van der Waals surface area (Å²) in [7, 11) is 0. The van der Waals surface area contributed by atoms with Gasteiger partial charge in [0.2, 0.25) is 5.91 Å². The van der Waals surface area contributed by atoms with Crippen molar-refractivity contribution >= 4 is 5.91 Å². The number of aliphatic hydroxyl groups is 1. The molecule has 7 nitrogen and oxygen atoms in total. The topological polar surface area (TPSA) is 87.5 Å². The van der Waals surface area contributed by atoms with E-state index in [1.54, 1.807) is 12.4 Å². The third-order valence-corrected chi connectivity index (χ3v) is 6.98. The second-order valence-corrected chi connectivity index (χ2v) is 8.78. The molecule has 0 unspecified atom stereocenters. The Morgan fingerprint density at radius 2 is 1.97 bits per heavy atom. The van der Waals surface area contributed by atoms with Gasteiger partial charge in [0, 0.05) is 61.7 Å². The molecule has 0 spiro atoms. The lowest BCUT2D eigenvalue weighted by atomic mass is 9.88. The molecule has 7 heteroatoms. The van der Waals surface area contributed by atoms with Gasteiger partial charge in [0.15, 0.2) is 0 Å². The van der Waals surface area contributed by atoms with Crippen LogP contribution >= 0.6 is 0 Å². The molecule has 3 aromatic rings. The second kappa shape index (κ2) is 8.92. The minimum atomic E-state index is -0.470. The maximum atomic E-state index is 13.5. The van der Waals surface area contributed by atoms with E-state index in [0.717, 1.165) is 16.8 Å². The Morgan fingerprint density at radius 3 is 2.67 bits per heavy atom. The highest BCUT2D eigenvalue weighted by molar-refractivity contribution is 5.82. The van der Waals surface area contributed by atoms with E-state index in [1.165, 1.54) is 0 Å². The van der Waals surface area contributed by atoms with Crippen LogP contribution in [0.4, 0.5) is 0 Å². The maximum Gasteiger partial charge on any atom is 0.258 e. The van der Waals surface area contributed by atoms with E-state index in [1.807, 2.05) is 66.1 Å². The molecule has 0 aliphatic carbocycles. The average molecular weight is 445 g/mol. The standard InChI is InChI=1S/C26H28N4O3/c1-2-28-25(32)24-21(16-31)20-15-29-22(23(20)30(24)14-17-7-6-12-27-13-17)11-10-19(26(29)33)18-8-4-3-5-9-18/h3-13,20-21,23-24,31H,2,14-16H2,1H3,(H,28,32)/t20-,21-,23+,24-/m0/s1. The summed E-state index contributed by atoms with van der Waals surface area (Å²) in [6.07, 6.45) is 3.53. The number of carbonyl (C=O) groups is 1. The summed E-state index contributed by atoms with van der Waals surface area (Å²) in [6, 6.07) is 16.8. The molecule has 4 heterocycles. The number of aliphatic hydroxyl groups excluding tert-OH is 1. The van der Waals surface area contributed by atoms with Gasteiger partial charge < -0.3 is 15.0 Å². The highest BCUT2D eigenvalue weighted by atomic mass is 16.3. The molecule has 170 valence electrons. The molecule has 0 radical (unpaired) electrons. The molecule has 4 atom stereocenters. The van der Waals surface area contributed by atoms with Crippen molar-refractivity contribution < 1.29 is 9.90 Å². The van der Waals surface area contributed by atoms with Crippen LogP contribution in [0.5, 0.6) is 0 Å². The Morgan fingerprint density at radius 1 is 1.15 bits per heavy atom. The van der Waals surface area contributed by atoms with Gasteiger partial charge in [-0.3, -0.25) is 19.5 Å². The second-order valence-electron chi connectivity index (χ2n) is 8.78. The van der Waals surface area contributed by atoms with Crippen LogP contribution in [0.2, 0.25) is 0 Å². The Hall–Kier alpha value is -3.29. The fraction of sp³-hybridized carbons (Fsp3) is 0.346. The first-order valence-corrected chi connectivity index (χ1v) is 11.5. The monoisotopic (exact) mass is 444 g/mol. The minimum Gasteiger partial charge on any atom is -0.396 e. The third kappa shape index (κ3) is 3.67. The van der Waals surface area contributed by atoms with Gasteiger partial charge in [-0.15, -0.1) is 0 Å². The number of carbonyl (C=O) groups excluding carboxylic acids is 1. The van der Waals surface area contributed by atoms with Crippen LogP contribution in [0.15, 0.2) is 71.8 Å². The van der Waals surface area contributed by atoms with Gasteiger partial charge in [-0.05, 0) is 36.2 Å². The number of likely N-dealkylation sites (tertiary alicyclic amines) is 1. The van der Waals surface area contributed by atoms with Crippen molar-refractivity contribution in [3.63, 3.8) is 0 Å². The van der Waals surface area contributed by atoms with Crippen LogP contribution in [-0.4, -0.2) is 44.7 Å². The van der Waals surface area contributed by atoms with E-state index in [4.69, 9.17) is 0 Å². The van der Waals surface area contributed by atoms with Crippen LogP contribution in [0.1, 0.15) is 24.2 Å². The zero-order chi connectivity index (χ0) is 22.9. The zero-order valence-electron chi connectivity index (χ0n) is 18.6. The van der Waals surface area contributed by atoms with Crippen molar-refractivity contribution in [3.05, 3.63) is 88.6 Å². The van der Waals surface area contributed by atoms with E-state index >= 15 is 0 Å². The Balaban J connectivity index is 1.59. The van der Waals surface area contributed by atoms with Crippen molar-refractivity contribution in [3.8, 4) is 11.1 Å². The molecule has 1 fully saturated rings. The molecular formula is C26H28N4O3. The number of nitrogens with one attached hydrogen (secondary N) is 1. The van der Waals surface area contributed by atoms with E-state index < -0.39 is 6.04 Å². The molecule has 33 heavy (non-hydrogen) atoms. The summed E-state index contributed by atoms with van der Waals surface area (Å²) in [6.45, 7) is 3.32. The molecule has 0 saturated carbocycles. The number of fused-ring (bicyclic) bond motifs is 3. The van der Waals surface area contributed by atoms with Crippen molar-refractivity contribution in [2.45, 2.75) is 32.1 Å². The average Bonchev–Trinajstić information content (AvgIpc) is 3.36. The number of amides is 1. The highest BCUT2D eigenvalue weighted by Gasteiger charge is 2.55. The van der Waals surface area contributed by atoms with Crippen LogP contribution in [0, 0.1) is 11.8 Å². The fourth-order valence-corrected chi connectivity index (χ4v) is 5.60. The summed E-state index contributed by atoms with van der Waals surface area (Å²) < 4.78 is 1.84. The van der Waals surface area contributed by atoms with E-state index in [9.17, 15) is 14.7 Å². The number of nitrogens with zero attached hydrogens (tertiary/aromatic N) is 3. The van der Waals surface area contributed by atoms with Crippen molar-refractivity contribution in [1.29, 1.82) is 0 Å². The van der Waals surface area contributed by atoms with Gasteiger partial charge >= 0.3 is 0 Å². The van der Waals surface area contributed by atoms with E-state index in [0.29, 0.717) is 25.2 Å². The van der Waals surface area contributed by atoms with Crippen molar-refractivity contribution in [2.75, 3.05) is 13.2 Å². The number of hydrogen-bond acceptors (Lipinski definition) is 5. The normalized spacial score (nSPS) is 23.8. The zero-order valence-corrected chi connectivity index (χ0v) is 18.6. The summed E-state index contributed by atoms with van der Waals surface area (Å²) in [4.78, 5) is 33.0. The van der Waals surface area contributed by atoms with Crippen LogP contribution < -0.4 is 10.9 Å². The molecular weight excluding hydrogens is 416 g/mol. The smallest absolute Gasteiger partial charge is 0.258 e. The van der Waals surface area contributed by atoms with E-state index in [-0.39, 0.29) is 36.0 Å². The fourth-order valence-electron chi connectivity index (χ4n) is 5.60. The van der Waals surface area contributed by atoms with Crippen LogP contribution in [0.25, 0.3) is 11.1 Å². The molecule has 2 aromatic heterocycles. The van der Waals surface area contributed by atoms with Gasteiger partial charge in [0.25, 0.3) is 5.56 Å². The first-order valence-electron chi connectivity index (χ1n) is 11.5. The lowest BCUT2D eigenvalue weighted by Crippen LogP contribution is -2.48. The van der Waals surface area contributed by atoms with Gasteiger partial charge in [0.05, 0.1) is 12.1 Å². The largest absolute Gasteiger partial charge is 0.396 e. The third-order valence-electron chi connectivity index (χ3n) is 6.98. The number of pyridine rings is 2. The van der Waals surface area contributed by atoms with Crippen LogP contribution in [0.3, 0.4) is 0 Å². The van der Waals surface area contributed by atoms with Gasteiger partial charge in [-0.25, -0.2) is 0 Å². The molecule has 1 amide bonds. The summed E-state index contributed by atoms with van der Waals surface area (Å²) in [5, 5.41) is 13.3. The number of benzene rings is 1. The molecule has 2 N–H and O–H groups in total. The number of hydrogen-bond donors (Lipinski definition) is 2. The molecule has 1 saturated heterocycles. The van der Waals surface area contributed by atoms with Crippen molar-refractivity contribution in [2.24, 2.45) is 11.8 Å². The van der Waals surface area contributed by atoms with Gasteiger partial charge in [-0.1, -0.05) is 36.4 Å². The summed E-state index contributed by atoms with van der Waals surface area (Å²) >= 11 is 0. The quantitative estimate of drug-likeness (QED) is 0.609. The highest BCUT2D eigenvalue weighted by Crippen LogP contribution is 2.49. The summed E-state index contributed by atoms with van der Waals surface area (Å²) in [5.41, 5.74) is 3.42. The van der Waals surface area contributed by atoms with Crippen molar-refractivity contribution in [1.82, 2.24) is 19.8 Å². The molecule has 0 bridgehead atoms. The first kappa shape index (κ1) is 21.6. The molecule has 1 aromatic carbocycles. The number of aromatic nitrogens is 2. The predicted molar refractivity (Wildman–Crippen MR) is 125 cm³/mol. The SMILES string of the molecule is CCNC(=O)[C@@H]1[C@@H](CO)[C@@H]2Cn3c(ccc(-c4ccccc4)c3=O)[C@@H]2N1Cc1cccnc1. The van der Waals surface area contributed by atoms with Gasteiger partial charge in [0.1, 0.15) is 0 Å². The Kier molecular flexibility index (Phi) is 5.83. The molecule has 2 aliphatic rings. The van der Waals surface area contributed by atoms with E-state index in [2.05, 4.69) is 15.2 Å². The molecule has 2 aliphatic heterocycles. The Bertz CT molecular complexity index is 1200. The number of likely N-dealkylation sites (N-methyl/N-ethyl adjacent to an activating group) is 1. The number of rotatable bonds is 6. The first-order chi connectivity index (χ1) is 16.1. The van der Waals surface area contributed by atoms with Crippen LogP contribution in [-0.2, 0) is 17.9 Å².